The second kappa shape index (κ2) is 6.36. The molecule has 1 saturated heterocycles. The number of hydrogen-bond acceptors (Lipinski definition) is 6. The minimum absolute atomic E-state index is 0.308. The lowest BCUT2D eigenvalue weighted by atomic mass is 10.3. The van der Waals surface area contributed by atoms with E-state index in [9.17, 15) is 0 Å². The summed E-state index contributed by atoms with van der Waals surface area (Å²) in [6.45, 7) is 5.79. The Balaban J connectivity index is 1.62. The van der Waals surface area contributed by atoms with Crippen LogP contribution in [-0.4, -0.2) is 54.3 Å². The second-order valence-electron chi connectivity index (χ2n) is 4.03. The van der Waals surface area contributed by atoms with E-state index in [-0.39, 0.29) is 0 Å². The van der Waals surface area contributed by atoms with Crippen LogP contribution in [-0.2, 0) is 4.74 Å². The van der Waals surface area contributed by atoms with Crippen molar-refractivity contribution in [2.75, 3.05) is 50.4 Å². The van der Waals surface area contributed by atoms with E-state index < -0.39 is 0 Å². The maximum Gasteiger partial charge on any atom is 0.221 e. The van der Waals surface area contributed by atoms with E-state index >= 15 is 0 Å². The standard InChI is InChI=1S/C11H19N5O/c12-11-14-4-2-10(15-11)13-3-1-5-16-6-8-17-9-7-16/h2,4H,1,3,5-9H2,(H3,12,13,14,15). The smallest absolute Gasteiger partial charge is 0.221 e. The van der Waals surface area contributed by atoms with Gasteiger partial charge in [0.15, 0.2) is 0 Å². The van der Waals surface area contributed by atoms with Crippen LogP contribution in [0.5, 0.6) is 0 Å². The summed E-state index contributed by atoms with van der Waals surface area (Å²) in [6, 6.07) is 1.82. The second-order valence-corrected chi connectivity index (χ2v) is 4.03. The first-order chi connectivity index (χ1) is 8.34. The Morgan fingerprint density at radius 2 is 2.24 bits per heavy atom. The summed E-state index contributed by atoms with van der Waals surface area (Å²) in [6.07, 6.45) is 2.75. The van der Waals surface area contributed by atoms with Crippen LogP contribution in [0.15, 0.2) is 12.3 Å². The van der Waals surface area contributed by atoms with Crippen LogP contribution in [0.25, 0.3) is 0 Å². The molecule has 0 radical (unpaired) electrons. The van der Waals surface area contributed by atoms with Gasteiger partial charge in [-0.05, 0) is 19.0 Å². The molecule has 6 heteroatoms. The molecule has 1 fully saturated rings. The molecule has 0 unspecified atom stereocenters. The van der Waals surface area contributed by atoms with Gasteiger partial charge in [-0.25, -0.2) is 4.98 Å². The molecular formula is C11H19N5O. The molecule has 0 bridgehead atoms. The average Bonchev–Trinajstić information content (AvgIpc) is 2.36. The van der Waals surface area contributed by atoms with Crippen LogP contribution in [0.4, 0.5) is 11.8 Å². The van der Waals surface area contributed by atoms with E-state index in [2.05, 4.69) is 20.2 Å². The predicted octanol–water partition coefficient (Wildman–Crippen LogP) is 0.193. The molecule has 3 N–H and O–H groups in total. The molecule has 6 nitrogen and oxygen atoms in total. The summed E-state index contributed by atoms with van der Waals surface area (Å²) in [4.78, 5) is 10.3. The van der Waals surface area contributed by atoms with Crippen molar-refractivity contribution < 1.29 is 4.74 Å². The lowest BCUT2D eigenvalue weighted by Gasteiger charge is -2.26. The van der Waals surface area contributed by atoms with Gasteiger partial charge in [0.1, 0.15) is 5.82 Å². The number of hydrogen-bond donors (Lipinski definition) is 2. The van der Waals surface area contributed by atoms with Crippen molar-refractivity contribution in [3.63, 3.8) is 0 Å². The first-order valence-electron chi connectivity index (χ1n) is 5.97. The summed E-state index contributed by atoms with van der Waals surface area (Å²) in [7, 11) is 0. The van der Waals surface area contributed by atoms with Gasteiger partial charge in [0.05, 0.1) is 13.2 Å². The van der Waals surface area contributed by atoms with E-state index in [0.717, 1.165) is 51.6 Å². The zero-order valence-corrected chi connectivity index (χ0v) is 9.93. The lowest BCUT2D eigenvalue weighted by Crippen LogP contribution is -2.37. The number of nitrogens with one attached hydrogen (secondary N) is 1. The van der Waals surface area contributed by atoms with E-state index in [0.29, 0.717) is 5.95 Å². The zero-order chi connectivity index (χ0) is 11.9. The van der Waals surface area contributed by atoms with E-state index in [4.69, 9.17) is 10.5 Å². The summed E-state index contributed by atoms with van der Waals surface area (Å²) < 4.78 is 5.30. The summed E-state index contributed by atoms with van der Waals surface area (Å²) in [5, 5.41) is 3.24. The Bertz CT molecular complexity index is 340. The van der Waals surface area contributed by atoms with Gasteiger partial charge in [0, 0.05) is 25.8 Å². The highest BCUT2D eigenvalue weighted by Gasteiger charge is 2.08. The molecule has 1 aromatic rings. The molecule has 2 heterocycles. The van der Waals surface area contributed by atoms with Crippen molar-refractivity contribution in [2.45, 2.75) is 6.42 Å². The fourth-order valence-electron chi connectivity index (χ4n) is 1.82. The molecule has 1 aliphatic heterocycles. The molecule has 0 atom stereocenters. The van der Waals surface area contributed by atoms with Crippen molar-refractivity contribution in [2.24, 2.45) is 0 Å². The number of aromatic nitrogens is 2. The highest BCUT2D eigenvalue weighted by atomic mass is 16.5. The van der Waals surface area contributed by atoms with E-state index in [1.54, 1.807) is 6.20 Å². The Morgan fingerprint density at radius 1 is 1.41 bits per heavy atom. The quantitative estimate of drug-likeness (QED) is 0.712. The van der Waals surface area contributed by atoms with Crippen LogP contribution >= 0.6 is 0 Å². The predicted molar refractivity (Wildman–Crippen MR) is 66.8 cm³/mol. The highest BCUT2D eigenvalue weighted by Crippen LogP contribution is 2.03. The number of nitrogen functional groups attached to an aromatic ring is 1. The maximum atomic E-state index is 5.50. The number of ether oxygens (including phenoxy) is 1. The largest absolute Gasteiger partial charge is 0.379 e. The van der Waals surface area contributed by atoms with Crippen LogP contribution in [0.3, 0.4) is 0 Å². The van der Waals surface area contributed by atoms with E-state index in [1.165, 1.54) is 0 Å². The van der Waals surface area contributed by atoms with Crippen molar-refractivity contribution in [1.82, 2.24) is 14.9 Å². The summed E-state index contributed by atoms with van der Waals surface area (Å²) >= 11 is 0. The maximum absolute atomic E-state index is 5.50. The third kappa shape index (κ3) is 4.16. The van der Waals surface area contributed by atoms with Gasteiger partial charge in [-0.15, -0.1) is 0 Å². The Labute approximate surface area is 101 Å². The number of nitrogens with two attached hydrogens (primary N) is 1. The van der Waals surface area contributed by atoms with Crippen molar-refractivity contribution in [1.29, 1.82) is 0 Å². The fourth-order valence-corrected chi connectivity index (χ4v) is 1.82. The van der Waals surface area contributed by atoms with Gasteiger partial charge in [-0.3, -0.25) is 4.90 Å². The summed E-state index contributed by atoms with van der Waals surface area (Å²) in [5.41, 5.74) is 5.50. The molecule has 0 aliphatic carbocycles. The van der Waals surface area contributed by atoms with Crippen LogP contribution in [0, 0.1) is 0 Å². The molecule has 0 amide bonds. The number of rotatable bonds is 5. The topological polar surface area (TPSA) is 76.3 Å². The Hall–Kier alpha value is -1.40. The van der Waals surface area contributed by atoms with Gasteiger partial charge >= 0.3 is 0 Å². The number of morpholine rings is 1. The molecule has 0 saturated carbocycles. The first kappa shape index (κ1) is 12.1. The monoisotopic (exact) mass is 237 g/mol. The normalized spacial score (nSPS) is 16.9. The fraction of sp³-hybridized carbons (Fsp3) is 0.636. The number of anilines is 2. The molecule has 94 valence electrons. The van der Waals surface area contributed by atoms with Crippen molar-refractivity contribution in [3.8, 4) is 0 Å². The third-order valence-electron chi connectivity index (χ3n) is 2.74. The average molecular weight is 237 g/mol. The molecule has 1 aromatic heterocycles. The van der Waals surface area contributed by atoms with Gasteiger partial charge in [0.25, 0.3) is 0 Å². The van der Waals surface area contributed by atoms with Crippen molar-refractivity contribution >= 4 is 11.8 Å². The van der Waals surface area contributed by atoms with Gasteiger partial charge in [-0.1, -0.05) is 0 Å². The van der Waals surface area contributed by atoms with Crippen LogP contribution in [0.1, 0.15) is 6.42 Å². The van der Waals surface area contributed by atoms with Crippen LogP contribution < -0.4 is 11.1 Å². The van der Waals surface area contributed by atoms with Crippen molar-refractivity contribution in [3.05, 3.63) is 12.3 Å². The first-order valence-corrected chi connectivity index (χ1v) is 5.97. The molecule has 0 aromatic carbocycles. The summed E-state index contributed by atoms with van der Waals surface area (Å²) in [5.74, 6) is 1.10. The Morgan fingerprint density at radius 3 is 3.00 bits per heavy atom. The molecular weight excluding hydrogens is 218 g/mol. The van der Waals surface area contributed by atoms with Gasteiger partial charge < -0.3 is 15.8 Å². The minimum Gasteiger partial charge on any atom is -0.379 e. The molecule has 2 rings (SSSR count). The lowest BCUT2D eigenvalue weighted by molar-refractivity contribution is 0.0378. The highest BCUT2D eigenvalue weighted by molar-refractivity contribution is 5.36. The van der Waals surface area contributed by atoms with Gasteiger partial charge in [0.2, 0.25) is 5.95 Å². The SMILES string of the molecule is Nc1nccc(NCCCN2CCOCC2)n1. The zero-order valence-electron chi connectivity index (χ0n) is 9.93. The molecule has 0 spiro atoms. The third-order valence-corrected chi connectivity index (χ3v) is 2.74. The Kier molecular flexibility index (Phi) is 4.52. The van der Waals surface area contributed by atoms with Crippen LogP contribution in [0.2, 0.25) is 0 Å². The number of nitrogens with zero attached hydrogens (tertiary/aromatic N) is 3. The van der Waals surface area contributed by atoms with Gasteiger partial charge in [-0.2, -0.15) is 4.98 Å². The molecule has 17 heavy (non-hydrogen) atoms. The molecule has 1 aliphatic rings. The minimum atomic E-state index is 0.308. The van der Waals surface area contributed by atoms with E-state index in [1.807, 2.05) is 6.07 Å².